The van der Waals surface area contributed by atoms with Crippen LogP contribution < -0.4 is 0 Å². The van der Waals surface area contributed by atoms with Crippen molar-refractivity contribution in [2.75, 3.05) is 6.61 Å². The maximum Gasteiger partial charge on any atom is 0.313 e. The predicted octanol–water partition coefficient (Wildman–Crippen LogP) is 1.52. The van der Waals surface area contributed by atoms with Crippen LogP contribution in [0.1, 0.15) is 27.2 Å². The van der Waals surface area contributed by atoms with Gasteiger partial charge in [0.2, 0.25) is 11.3 Å². The number of carbonyl (C=O) groups excluding carboxylic acids is 1. The van der Waals surface area contributed by atoms with Crippen LogP contribution in [0, 0.1) is 62.1 Å². The van der Waals surface area contributed by atoms with Gasteiger partial charge in [-0.1, -0.05) is 13.3 Å². The molecule has 22 heavy (non-hydrogen) atoms. The zero-order valence-electron chi connectivity index (χ0n) is 12.6. The van der Waals surface area contributed by atoms with Crippen LogP contribution in [0.25, 0.3) is 0 Å². The minimum absolute atomic E-state index is 0.144. The molecule has 1 saturated carbocycles. The smallest absolute Gasteiger partial charge is 0.313 e. The lowest BCUT2D eigenvalue weighted by Crippen LogP contribution is -2.48. The first-order valence-corrected chi connectivity index (χ1v) is 7.05. The zero-order valence-corrected chi connectivity index (χ0v) is 12.6. The summed E-state index contributed by atoms with van der Waals surface area (Å²) in [7, 11) is 0. The summed E-state index contributed by atoms with van der Waals surface area (Å²) in [6.45, 7) is 5.00. The SMILES string of the molecule is CCOC(=O)C1C(CC)C2(C#N)C(=N)OC1(C)C2(C#N)C#N. The third-order valence-electron chi connectivity index (χ3n) is 5.05. The average Bonchev–Trinajstić information content (AvgIpc) is 2.81. The third-order valence-corrected chi connectivity index (χ3v) is 5.05. The molecule has 7 nitrogen and oxygen atoms in total. The molecule has 1 aliphatic heterocycles. The van der Waals surface area contributed by atoms with E-state index in [1.54, 1.807) is 13.8 Å². The molecule has 2 fully saturated rings. The maximum absolute atomic E-state index is 12.4. The van der Waals surface area contributed by atoms with Crippen molar-refractivity contribution in [3.63, 3.8) is 0 Å². The maximum atomic E-state index is 12.4. The van der Waals surface area contributed by atoms with Crippen LogP contribution in [0.4, 0.5) is 0 Å². The Labute approximate surface area is 128 Å². The summed E-state index contributed by atoms with van der Waals surface area (Å²) < 4.78 is 10.5. The molecule has 4 atom stereocenters. The summed E-state index contributed by atoms with van der Waals surface area (Å²) in [6, 6.07) is 5.73. The fraction of sp³-hybridized carbons (Fsp3) is 0.667. The number of nitrogens with zero attached hydrogens (tertiary/aromatic N) is 3. The summed E-state index contributed by atoms with van der Waals surface area (Å²) in [4.78, 5) is 12.4. The van der Waals surface area contributed by atoms with Gasteiger partial charge in [0.25, 0.3) is 0 Å². The Bertz CT molecular complexity index is 654. The number of carbonyl (C=O) groups is 1. The molecule has 2 bridgehead atoms. The molecule has 0 amide bonds. The standard InChI is InChI=1S/C15H16N4O3/c1-4-9-10(11(20)21-5-2)13(3)14(6-16,7-17)15(9,8-18)12(19)22-13/h9-10,19H,4-5H2,1-3H3. The number of nitriles is 3. The van der Waals surface area contributed by atoms with E-state index in [4.69, 9.17) is 14.9 Å². The van der Waals surface area contributed by atoms with Gasteiger partial charge < -0.3 is 9.47 Å². The number of rotatable bonds is 3. The number of hydrogen-bond donors (Lipinski definition) is 1. The molecule has 114 valence electrons. The minimum Gasteiger partial charge on any atom is -0.470 e. The molecular formula is C15H16N4O3. The van der Waals surface area contributed by atoms with Crippen molar-refractivity contribution in [3.8, 4) is 18.2 Å². The number of nitrogens with one attached hydrogen (secondary N) is 1. The lowest BCUT2D eigenvalue weighted by atomic mass is 9.62. The van der Waals surface area contributed by atoms with Crippen LogP contribution >= 0.6 is 0 Å². The molecule has 0 aromatic carbocycles. The largest absolute Gasteiger partial charge is 0.470 e. The molecule has 2 aliphatic rings. The normalized spacial score (nSPS) is 37.5. The van der Waals surface area contributed by atoms with Gasteiger partial charge >= 0.3 is 5.97 Å². The predicted molar refractivity (Wildman–Crippen MR) is 72.8 cm³/mol. The van der Waals surface area contributed by atoms with Gasteiger partial charge in [0, 0.05) is 5.92 Å². The Morgan fingerprint density at radius 2 is 1.91 bits per heavy atom. The Hall–Kier alpha value is -2.59. The Balaban J connectivity index is 2.79. The van der Waals surface area contributed by atoms with E-state index < -0.39 is 40.1 Å². The van der Waals surface area contributed by atoms with E-state index in [-0.39, 0.29) is 6.61 Å². The molecule has 0 spiro atoms. The summed E-state index contributed by atoms with van der Waals surface area (Å²) in [5, 5.41) is 37.1. The highest BCUT2D eigenvalue weighted by atomic mass is 16.5. The molecule has 0 aromatic heterocycles. The molecule has 1 N–H and O–H groups in total. The van der Waals surface area contributed by atoms with Crippen LogP contribution in [0.15, 0.2) is 0 Å². The van der Waals surface area contributed by atoms with E-state index in [2.05, 4.69) is 0 Å². The van der Waals surface area contributed by atoms with Crippen LogP contribution in [-0.4, -0.2) is 24.1 Å². The number of fused-ring (bicyclic) bond motifs is 2. The van der Waals surface area contributed by atoms with Crippen LogP contribution in [0.5, 0.6) is 0 Å². The van der Waals surface area contributed by atoms with Gasteiger partial charge in [-0.2, -0.15) is 15.8 Å². The lowest BCUT2D eigenvalue weighted by molar-refractivity contribution is -0.159. The van der Waals surface area contributed by atoms with Crippen molar-refractivity contribution in [1.29, 1.82) is 21.2 Å². The lowest BCUT2D eigenvalue weighted by Gasteiger charge is -2.36. The summed E-state index contributed by atoms with van der Waals surface area (Å²) in [5.74, 6) is -2.63. The fourth-order valence-corrected chi connectivity index (χ4v) is 4.11. The van der Waals surface area contributed by atoms with Crippen molar-refractivity contribution in [2.24, 2.45) is 22.7 Å². The van der Waals surface area contributed by atoms with Crippen LogP contribution in [0.2, 0.25) is 0 Å². The van der Waals surface area contributed by atoms with E-state index in [1.807, 2.05) is 18.2 Å². The highest BCUT2D eigenvalue weighted by molar-refractivity contribution is 5.94. The average molecular weight is 300 g/mol. The Kier molecular flexibility index (Phi) is 3.38. The van der Waals surface area contributed by atoms with Gasteiger partial charge in [0.15, 0.2) is 11.0 Å². The summed E-state index contributed by atoms with van der Waals surface area (Å²) in [5.41, 5.74) is -5.24. The molecule has 4 unspecified atom stereocenters. The van der Waals surface area contributed by atoms with Crippen molar-refractivity contribution in [3.05, 3.63) is 0 Å². The van der Waals surface area contributed by atoms with Crippen molar-refractivity contribution >= 4 is 11.9 Å². The second kappa shape index (κ2) is 4.71. The van der Waals surface area contributed by atoms with Crippen molar-refractivity contribution in [2.45, 2.75) is 32.8 Å². The first kappa shape index (κ1) is 15.8. The number of esters is 1. The fourth-order valence-electron chi connectivity index (χ4n) is 4.11. The summed E-state index contributed by atoms with van der Waals surface area (Å²) >= 11 is 0. The second-order valence-electron chi connectivity index (χ2n) is 5.68. The van der Waals surface area contributed by atoms with Crippen LogP contribution in [-0.2, 0) is 14.3 Å². The molecule has 1 aliphatic carbocycles. The monoisotopic (exact) mass is 300 g/mol. The van der Waals surface area contributed by atoms with Crippen molar-refractivity contribution in [1.82, 2.24) is 0 Å². The van der Waals surface area contributed by atoms with Gasteiger partial charge in [-0.05, 0) is 13.8 Å². The molecule has 0 radical (unpaired) electrons. The molecule has 7 heteroatoms. The zero-order chi connectivity index (χ0) is 16.8. The van der Waals surface area contributed by atoms with E-state index in [0.717, 1.165) is 0 Å². The molecule has 1 saturated heterocycles. The van der Waals surface area contributed by atoms with E-state index in [0.29, 0.717) is 6.42 Å². The Morgan fingerprint density at radius 3 is 2.32 bits per heavy atom. The van der Waals surface area contributed by atoms with E-state index >= 15 is 0 Å². The van der Waals surface area contributed by atoms with Gasteiger partial charge in [0.1, 0.15) is 5.92 Å². The molecule has 2 rings (SSSR count). The van der Waals surface area contributed by atoms with Gasteiger partial charge in [0.05, 0.1) is 24.8 Å². The van der Waals surface area contributed by atoms with Crippen LogP contribution in [0.3, 0.4) is 0 Å². The summed E-state index contributed by atoms with van der Waals surface area (Å²) in [6.07, 6.45) is 0.351. The highest BCUT2D eigenvalue weighted by Gasteiger charge is 2.87. The molecule has 0 aromatic rings. The topological polar surface area (TPSA) is 131 Å². The minimum atomic E-state index is -1.91. The second-order valence-corrected chi connectivity index (χ2v) is 5.68. The van der Waals surface area contributed by atoms with Gasteiger partial charge in [-0.3, -0.25) is 10.2 Å². The molecular weight excluding hydrogens is 284 g/mol. The highest BCUT2D eigenvalue weighted by Crippen LogP contribution is 2.71. The first-order valence-electron chi connectivity index (χ1n) is 7.05. The van der Waals surface area contributed by atoms with Crippen molar-refractivity contribution < 1.29 is 14.3 Å². The third kappa shape index (κ3) is 1.28. The number of hydrogen-bond acceptors (Lipinski definition) is 7. The van der Waals surface area contributed by atoms with Gasteiger partial charge in [-0.15, -0.1) is 0 Å². The van der Waals surface area contributed by atoms with E-state index in [9.17, 15) is 20.6 Å². The quantitative estimate of drug-likeness (QED) is 0.786. The Morgan fingerprint density at radius 1 is 1.32 bits per heavy atom. The van der Waals surface area contributed by atoms with E-state index in [1.165, 1.54) is 6.92 Å². The molecule has 1 heterocycles. The number of ether oxygens (including phenoxy) is 2. The van der Waals surface area contributed by atoms with Gasteiger partial charge in [-0.25, -0.2) is 0 Å². The first-order chi connectivity index (χ1) is 10.4.